The Hall–Kier alpha value is -2.43. The molecule has 168 valence electrons. The summed E-state index contributed by atoms with van der Waals surface area (Å²) in [7, 11) is -4.34. The van der Waals surface area contributed by atoms with Gasteiger partial charge in [-0.25, -0.2) is 21.1 Å². The zero-order valence-electron chi connectivity index (χ0n) is 18.3. The molecule has 0 aliphatic carbocycles. The van der Waals surface area contributed by atoms with Crippen LogP contribution >= 0.6 is 0 Å². The topological polar surface area (TPSA) is 95.1 Å². The normalized spacial score (nSPS) is 14.1. The van der Waals surface area contributed by atoms with Gasteiger partial charge in [-0.15, -0.1) is 0 Å². The highest BCUT2D eigenvalue weighted by Crippen LogP contribution is 2.32. The lowest BCUT2D eigenvalue weighted by Gasteiger charge is -2.26. The van der Waals surface area contributed by atoms with E-state index in [9.17, 15) is 21.6 Å². The number of amides is 1. The first kappa shape index (κ1) is 23.2. The Morgan fingerprint density at radius 3 is 2.29 bits per heavy atom. The summed E-state index contributed by atoms with van der Waals surface area (Å²) in [5.41, 5.74) is 3.58. The van der Waals surface area contributed by atoms with Gasteiger partial charge in [0.15, 0.2) is 0 Å². The lowest BCUT2D eigenvalue weighted by atomic mass is 10.1. The smallest absolute Gasteiger partial charge is 0.247 e. The molecule has 31 heavy (non-hydrogen) atoms. The summed E-state index contributed by atoms with van der Waals surface area (Å²) >= 11 is 0. The van der Waals surface area contributed by atoms with Crippen LogP contribution in [0.5, 0.6) is 0 Å². The van der Waals surface area contributed by atoms with E-state index in [1.807, 2.05) is 26.0 Å². The van der Waals surface area contributed by atoms with E-state index in [4.69, 9.17) is 0 Å². The molecule has 3 rings (SSSR count). The molecule has 0 spiro atoms. The van der Waals surface area contributed by atoms with Crippen molar-refractivity contribution in [1.82, 2.24) is 4.31 Å². The monoisotopic (exact) mass is 465 g/mol. The van der Waals surface area contributed by atoms with Gasteiger partial charge in [0.05, 0.1) is 16.8 Å². The number of hydrogen-bond donors (Lipinski definition) is 0. The molecule has 0 saturated heterocycles. The first-order valence-electron chi connectivity index (χ1n) is 9.73. The number of fused-ring (bicyclic) bond motifs is 1. The van der Waals surface area contributed by atoms with Gasteiger partial charge in [0.1, 0.15) is 6.54 Å². The number of hydrogen-bond acceptors (Lipinski definition) is 5. The van der Waals surface area contributed by atoms with E-state index < -0.39 is 20.0 Å². The fourth-order valence-corrected chi connectivity index (χ4v) is 5.54. The van der Waals surface area contributed by atoms with Gasteiger partial charge in [-0.05, 0) is 55.7 Å². The molecule has 1 amide bonds. The molecule has 2 aromatic carbocycles. The second-order valence-corrected chi connectivity index (χ2v) is 12.0. The van der Waals surface area contributed by atoms with Crippen molar-refractivity contribution in [2.45, 2.75) is 25.2 Å². The predicted octanol–water partition coefficient (Wildman–Crippen LogP) is 1.91. The fourth-order valence-electron chi connectivity index (χ4n) is 3.68. The number of rotatable bonds is 6. The van der Waals surface area contributed by atoms with Gasteiger partial charge in [0.25, 0.3) is 0 Å². The number of benzene rings is 2. The van der Waals surface area contributed by atoms with Crippen molar-refractivity contribution in [3.8, 4) is 0 Å². The van der Waals surface area contributed by atoms with Crippen molar-refractivity contribution >= 4 is 37.3 Å². The number of sulfonamides is 2. The van der Waals surface area contributed by atoms with Crippen LogP contribution in [-0.2, 0) is 31.3 Å². The van der Waals surface area contributed by atoms with Gasteiger partial charge in [0, 0.05) is 26.3 Å². The Kier molecular flexibility index (Phi) is 6.18. The van der Waals surface area contributed by atoms with E-state index in [0.717, 1.165) is 31.6 Å². The second-order valence-electron chi connectivity index (χ2n) is 7.93. The van der Waals surface area contributed by atoms with Gasteiger partial charge < -0.3 is 4.90 Å². The maximum absolute atomic E-state index is 13.1. The number of anilines is 2. The highest BCUT2D eigenvalue weighted by Gasteiger charge is 2.30. The van der Waals surface area contributed by atoms with Gasteiger partial charge in [-0.1, -0.05) is 17.7 Å². The van der Waals surface area contributed by atoms with E-state index in [2.05, 4.69) is 0 Å². The van der Waals surface area contributed by atoms with Crippen molar-refractivity contribution in [2.75, 3.05) is 42.6 Å². The quantitative estimate of drug-likeness (QED) is 0.650. The van der Waals surface area contributed by atoms with Crippen LogP contribution < -0.4 is 9.21 Å². The first-order valence-corrected chi connectivity index (χ1v) is 13.0. The van der Waals surface area contributed by atoms with Gasteiger partial charge in [-0.3, -0.25) is 9.10 Å². The molecule has 0 unspecified atom stereocenters. The molecular formula is C21H27N3O5S2. The van der Waals surface area contributed by atoms with E-state index in [1.54, 1.807) is 18.2 Å². The van der Waals surface area contributed by atoms with Crippen LogP contribution in [0.3, 0.4) is 0 Å². The molecule has 1 heterocycles. The Labute approximate surface area is 184 Å². The van der Waals surface area contributed by atoms with Crippen molar-refractivity contribution in [3.63, 3.8) is 0 Å². The summed E-state index contributed by atoms with van der Waals surface area (Å²) in [6.07, 6.45) is 1.58. The maximum atomic E-state index is 13.1. The summed E-state index contributed by atoms with van der Waals surface area (Å²) in [5.74, 6) is -0.368. The van der Waals surface area contributed by atoms with Gasteiger partial charge >= 0.3 is 0 Å². The third kappa shape index (κ3) is 4.60. The molecule has 0 bridgehead atoms. The molecule has 1 aliphatic rings. The van der Waals surface area contributed by atoms with E-state index in [1.165, 1.54) is 25.1 Å². The molecular weight excluding hydrogens is 438 g/mol. The summed E-state index contributed by atoms with van der Waals surface area (Å²) in [4.78, 5) is 14.8. The van der Waals surface area contributed by atoms with Crippen LogP contribution in [0.2, 0.25) is 0 Å². The number of carbonyl (C=O) groups excluding carboxylic acids is 1. The van der Waals surface area contributed by atoms with E-state index in [0.29, 0.717) is 24.3 Å². The molecule has 0 aromatic heterocycles. The largest absolute Gasteiger partial charge is 0.310 e. The Morgan fingerprint density at radius 1 is 1.03 bits per heavy atom. The minimum atomic E-state index is -3.69. The van der Waals surface area contributed by atoms with Crippen LogP contribution in [-0.4, -0.2) is 60.5 Å². The average Bonchev–Trinajstić information content (AvgIpc) is 3.09. The number of aryl methyl sites for hydroxylation is 2. The van der Waals surface area contributed by atoms with E-state index in [-0.39, 0.29) is 17.3 Å². The lowest BCUT2D eigenvalue weighted by Crippen LogP contribution is -2.42. The van der Waals surface area contributed by atoms with Crippen LogP contribution in [0.4, 0.5) is 11.4 Å². The SMILES string of the molecule is Cc1ccc(N(CC(=O)N2CCc3cc(S(=O)(=O)N(C)C)ccc32)S(C)(=O)=O)c(C)c1. The predicted molar refractivity (Wildman–Crippen MR) is 121 cm³/mol. The highest BCUT2D eigenvalue weighted by atomic mass is 32.2. The van der Waals surface area contributed by atoms with Gasteiger partial charge in [-0.2, -0.15) is 0 Å². The van der Waals surface area contributed by atoms with Crippen molar-refractivity contribution in [1.29, 1.82) is 0 Å². The number of carbonyl (C=O) groups is 1. The third-order valence-corrected chi connectivity index (χ3v) is 8.26. The Bertz CT molecular complexity index is 1240. The van der Waals surface area contributed by atoms with Crippen molar-refractivity contribution in [3.05, 3.63) is 53.1 Å². The fraction of sp³-hybridized carbons (Fsp3) is 0.381. The maximum Gasteiger partial charge on any atom is 0.247 e. The van der Waals surface area contributed by atoms with Gasteiger partial charge in [0.2, 0.25) is 26.0 Å². The lowest BCUT2D eigenvalue weighted by molar-refractivity contribution is -0.117. The molecule has 0 fully saturated rings. The molecule has 1 aliphatic heterocycles. The summed E-state index contributed by atoms with van der Waals surface area (Å²) in [6.45, 7) is 3.76. The van der Waals surface area contributed by atoms with E-state index >= 15 is 0 Å². The molecule has 0 saturated carbocycles. The Balaban J connectivity index is 1.91. The standard InChI is InChI=1S/C21H27N3O5S2/c1-15-6-8-19(16(2)12-15)24(30(5,26)27)14-21(25)23-11-10-17-13-18(7-9-20(17)23)31(28,29)22(3)4/h6-9,12-13H,10-11,14H2,1-5H3. The van der Waals surface area contributed by atoms with Crippen LogP contribution in [0.1, 0.15) is 16.7 Å². The average molecular weight is 466 g/mol. The molecule has 0 N–H and O–H groups in total. The minimum absolute atomic E-state index is 0.165. The number of nitrogens with zero attached hydrogens (tertiary/aromatic N) is 3. The second kappa shape index (κ2) is 8.25. The molecule has 8 nitrogen and oxygen atoms in total. The molecule has 0 atom stereocenters. The van der Waals surface area contributed by atoms with Crippen molar-refractivity contribution < 1.29 is 21.6 Å². The molecule has 10 heteroatoms. The first-order chi connectivity index (χ1) is 14.3. The minimum Gasteiger partial charge on any atom is -0.310 e. The Morgan fingerprint density at radius 2 is 1.71 bits per heavy atom. The summed E-state index contributed by atoms with van der Waals surface area (Å²) in [5, 5.41) is 0. The molecule has 2 aromatic rings. The van der Waals surface area contributed by atoms with Crippen molar-refractivity contribution in [2.24, 2.45) is 0 Å². The third-order valence-electron chi connectivity index (χ3n) is 5.33. The van der Waals surface area contributed by atoms with Crippen LogP contribution in [0, 0.1) is 13.8 Å². The zero-order valence-corrected chi connectivity index (χ0v) is 19.9. The molecule has 0 radical (unpaired) electrons. The summed E-state index contributed by atoms with van der Waals surface area (Å²) < 4.78 is 52.0. The summed E-state index contributed by atoms with van der Waals surface area (Å²) in [6, 6.07) is 10.0. The highest BCUT2D eigenvalue weighted by molar-refractivity contribution is 7.92. The van der Waals surface area contributed by atoms with Crippen LogP contribution in [0.25, 0.3) is 0 Å². The van der Waals surface area contributed by atoms with Crippen LogP contribution in [0.15, 0.2) is 41.3 Å². The zero-order chi connectivity index (χ0) is 23.1.